The van der Waals surface area contributed by atoms with Crippen LogP contribution in [0.5, 0.6) is 0 Å². The zero-order valence-electron chi connectivity index (χ0n) is 13.9. The number of sulfonamides is 1. The van der Waals surface area contributed by atoms with Gasteiger partial charge in [-0.2, -0.15) is 4.31 Å². The van der Waals surface area contributed by atoms with Crippen molar-refractivity contribution in [3.63, 3.8) is 0 Å². The first kappa shape index (κ1) is 19.1. The lowest BCUT2D eigenvalue weighted by molar-refractivity contribution is 0.100. The van der Waals surface area contributed by atoms with Crippen LogP contribution in [0.2, 0.25) is 0 Å². The number of benzene rings is 1. The fourth-order valence-corrected chi connectivity index (χ4v) is 4.58. The van der Waals surface area contributed by atoms with Crippen molar-refractivity contribution in [2.24, 2.45) is 5.73 Å². The number of rotatable bonds is 7. The molecule has 0 saturated carbocycles. The molecule has 134 valence electrons. The summed E-state index contributed by atoms with van der Waals surface area (Å²) < 4.78 is 26.4. The number of thiophene rings is 1. The quantitative estimate of drug-likeness (QED) is 0.765. The zero-order valence-corrected chi connectivity index (χ0v) is 15.5. The Bertz CT molecular complexity index is 886. The van der Waals surface area contributed by atoms with Crippen LogP contribution in [0.15, 0.2) is 40.6 Å². The Kier molecular flexibility index (Phi) is 5.93. The molecule has 0 bridgehead atoms. The van der Waals surface area contributed by atoms with Crippen molar-refractivity contribution in [3.8, 4) is 0 Å². The molecular formula is C16H19N3O4S2. The topological polar surface area (TPSA) is 110 Å². The summed E-state index contributed by atoms with van der Waals surface area (Å²) in [5, 5.41) is 4.56. The summed E-state index contributed by atoms with van der Waals surface area (Å²) in [4.78, 5) is 23.8. The molecule has 0 aliphatic carbocycles. The molecule has 0 fully saturated rings. The minimum absolute atomic E-state index is 0.0464. The lowest BCUT2D eigenvalue weighted by atomic mass is 10.2. The Morgan fingerprint density at radius 2 is 1.88 bits per heavy atom. The van der Waals surface area contributed by atoms with Crippen LogP contribution in [-0.2, 0) is 10.0 Å². The molecule has 2 rings (SSSR count). The summed E-state index contributed by atoms with van der Waals surface area (Å²) in [6.45, 7) is 4.18. The van der Waals surface area contributed by atoms with E-state index < -0.39 is 21.8 Å². The van der Waals surface area contributed by atoms with Crippen molar-refractivity contribution in [3.05, 3.63) is 46.8 Å². The molecular weight excluding hydrogens is 362 g/mol. The molecule has 0 saturated heterocycles. The standard InChI is InChI=1S/C16H19N3O4S2/c1-3-19(4-2)25(22,23)12-7-5-6-11(10-12)15(21)18-16-13(14(17)20)8-9-24-16/h5-10H,3-4H2,1-2H3,(H2,17,20)(H,18,21). The minimum atomic E-state index is -3.66. The van der Waals surface area contributed by atoms with Crippen LogP contribution in [0, 0.1) is 0 Å². The number of primary amides is 1. The molecule has 1 aromatic carbocycles. The van der Waals surface area contributed by atoms with E-state index in [9.17, 15) is 18.0 Å². The number of nitrogens with zero attached hydrogens (tertiary/aromatic N) is 1. The number of amides is 2. The molecule has 2 amide bonds. The SMILES string of the molecule is CCN(CC)S(=O)(=O)c1cccc(C(=O)Nc2sccc2C(N)=O)c1. The highest BCUT2D eigenvalue weighted by Crippen LogP contribution is 2.24. The van der Waals surface area contributed by atoms with E-state index in [4.69, 9.17) is 5.73 Å². The van der Waals surface area contributed by atoms with E-state index >= 15 is 0 Å². The van der Waals surface area contributed by atoms with E-state index in [-0.39, 0.29) is 16.0 Å². The van der Waals surface area contributed by atoms with Crippen molar-refractivity contribution in [1.29, 1.82) is 0 Å². The lowest BCUT2D eigenvalue weighted by Crippen LogP contribution is -2.30. The molecule has 1 heterocycles. The summed E-state index contributed by atoms with van der Waals surface area (Å²) in [7, 11) is -3.66. The van der Waals surface area contributed by atoms with Gasteiger partial charge in [-0.1, -0.05) is 19.9 Å². The largest absolute Gasteiger partial charge is 0.366 e. The Hall–Kier alpha value is -2.23. The highest BCUT2D eigenvalue weighted by Gasteiger charge is 2.23. The monoisotopic (exact) mass is 381 g/mol. The number of hydrogen-bond acceptors (Lipinski definition) is 5. The highest BCUT2D eigenvalue weighted by molar-refractivity contribution is 7.89. The van der Waals surface area contributed by atoms with Crippen molar-refractivity contribution < 1.29 is 18.0 Å². The van der Waals surface area contributed by atoms with Gasteiger partial charge in [0.05, 0.1) is 10.5 Å². The van der Waals surface area contributed by atoms with Crippen molar-refractivity contribution in [2.75, 3.05) is 18.4 Å². The van der Waals surface area contributed by atoms with Gasteiger partial charge in [-0.3, -0.25) is 9.59 Å². The van der Waals surface area contributed by atoms with Gasteiger partial charge < -0.3 is 11.1 Å². The van der Waals surface area contributed by atoms with Gasteiger partial charge in [-0.25, -0.2) is 8.42 Å². The summed E-state index contributed by atoms with van der Waals surface area (Å²) >= 11 is 1.16. The molecule has 3 N–H and O–H groups in total. The number of anilines is 1. The second-order valence-corrected chi connectivity index (χ2v) is 7.95. The van der Waals surface area contributed by atoms with Gasteiger partial charge in [0.25, 0.3) is 11.8 Å². The van der Waals surface area contributed by atoms with Gasteiger partial charge in [0.15, 0.2) is 0 Å². The summed E-state index contributed by atoms with van der Waals surface area (Å²) in [5.74, 6) is -1.16. The lowest BCUT2D eigenvalue weighted by Gasteiger charge is -2.18. The Morgan fingerprint density at radius 3 is 2.48 bits per heavy atom. The number of hydrogen-bond donors (Lipinski definition) is 2. The highest BCUT2D eigenvalue weighted by atomic mass is 32.2. The molecule has 25 heavy (non-hydrogen) atoms. The first-order valence-corrected chi connectivity index (χ1v) is 9.92. The molecule has 0 unspecified atom stereocenters. The minimum Gasteiger partial charge on any atom is -0.366 e. The molecule has 0 spiro atoms. The van der Waals surface area contributed by atoms with Crippen molar-refractivity contribution >= 4 is 38.2 Å². The van der Waals surface area contributed by atoms with Gasteiger partial charge in [0.2, 0.25) is 10.0 Å². The molecule has 0 radical (unpaired) electrons. The third kappa shape index (κ3) is 4.06. The average molecular weight is 381 g/mol. The summed E-state index contributed by atoms with van der Waals surface area (Å²) in [6.07, 6.45) is 0. The van der Waals surface area contributed by atoms with E-state index in [1.165, 1.54) is 34.6 Å². The van der Waals surface area contributed by atoms with E-state index in [0.717, 1.165) is 11.3 Å². The number of carbonyl (C=O) groups is 2. The molecule has 1 aromatic heterocycles. The fourth-order valence-electron chi connectivity index (χ4n) is 2.29. The van der Waals surface area contributed by atoms with E-state index in [2.05, 4.69) is 5.32 Å². The van der Waals surface area contributed by atoms with Crippen LogP contribution in [0.4, 0.5) is 5.00 Å². The van der Waals surface area contributed by atoms with Crippen LogP contribution >= 0.6 is 11.3 Å². The van der Waals surface area contributed by atoms with Crippen LogP contribution in [0.3, 0.4) is 0 Å². The fraction of sp³-hybridized carbons (Fsp3) is 0.250. The Balaban J connectivity index is 2.31. The van der Waals surface area contributed by atoms with Crippen LogP contribution in [0.1, 0.15) is 34.6 Å². The molecule has 0 aliphatic heterocycles. The third-order valence-electron chi connectivity index (χ3n) is 3.60. The smallest absolute Gasteiger partial charge is 0.256 e. The molecule has 0 aliphatic rings. The van der Waals surface area contributed by atoms with Gasteiger partial charge in [-0.05, 0) is 29.6 Å². The number of carbonyl (C=O) groups excluding carboxylic acids is 2. The third-order valence-corrected chi connectivity index (χ3v) is 6.47. The maximum absolute atomic E-state index is 12.6. The molecule has 7 nitrogen and oxygen atoms in total. The van der Waals surface area contributed by atoms with Crippen molar-refractivity contribution in [1.82, 2.24) is 4.31 Å². The molecule has 9 heteroatoms. The summed E-state index contributed by atoms with van der Waals surface area (Å²) in [5.41, 5.74) is 5.64. The average Bonchev–Trinajstić information content (AvgIpc) is 3.04. The predicted molar refractivity (Wildman–Crippen MR) is 97.3 cm³/mol. The van der Waals surface area contributed by atoms with Gasteiger partial charge in [0, 0.05) is 18.7 Å². The van der Waals surface area contributed by atoms with E-state index in [1.54, 1.807) is 19.2 Å². The van der Waals surface area contributed by atoms with Gasteiger partial charge in [0.1, 0.15) is 5.00 Å². The van der Waals surface area contributed by atoms with Crippen LogP contribution in [-0.4, -0.2) is 37.6 Å². The Labute approximate surface area is 150 Å². The molecule has 2 aromatic rings. The summed E-state index contributed by atoms with van der Waals surface area (Å²) in [6, 6.07) is 7.30. The van der Waals surface area contributed by atoms with Crippen molar-refractivity contribution in [2.45, 2.75) is 18.7 Å². The zero-order chi connectivity index (χ0) is 18.6. The van der Waals surface area contributed by atoms with E-state index in [1.807, 2.05) is 0 Å². The predicted octanol–water partition coefficient (Wildman–Crippen LogP) is 2.13. The van der Waals surface area contributed by atoms with Gasteiger partial charge in [-0.15, -0.1) is 11.3 Å². The Morgan fingerprint density at radius 1 is 1.20 bits per heavy atom. The first-order chi connectivity index (χ1) is 11.8. The van der Waals surface area contributed by atoms with E-state index in [0.29, 0.717) is 18.1 Å². The second kappa shape index (κ2) is 7.77. The second-order valence-electron chi connectivity index (χ2n) is 5.10. The van der Waals surface area contributed by atoms with Crippen LogP contribution in [0.25, 0.3) is 0 Å². The molecule has 0 atom stereocenters. The maximum atomic E-state index is 12.6. The normalized spacial score (nSPS) is 11.5. The maximum Gasteiger partial charge on any atom is 0.256 e. The first-order valence-electron chi connectivity index (χ1n) is 7.60. The van der Waals surface area contributed by atoms with Crippen LogP contribution < -0.4 is 11.1 Å². The number of nitrogens with one attached hydrogen (secondary N) is 1. The van der Waals surface area contributed by atoms with Gasteiger partial charge >= 0.3 is 0 Å². The number of nitrogens with two attached hydrogens (primary N) is 1.